The summed E-state index contributed by atoms with van der Waals surface area (Å²) >= 11 is 0. The fourth-order valence-corrected chi connectivity index (χ4v) is 2.62. The fraction of sp³-hybridized carbons (Fsp3) is 1.00. The van der Waals surface area contributed by atoms with Gasteiger partial charge in [-0.2, -0.15) is 0 Å². The molecule has 72 valence electrons. The van der Waals surface area contributed by atoms with E-state index in [1.54, 1.807) is 0 Å². The molecule has 1 fully saturated rings. The second-order valence-electron chi connectivity index (χ2n) is 4.43. The fourth-order valence-electron chi connectivity index (χ4n) is 2.62. The van der Waals surface area contributed by atoms with Gasteiger partial charge in [-0.15, -0.1) is 0 Å². The van der Waals surface area contributed by atoms with E-state index in [-0.39, 0.29) is 0 Å². The van der Waals surface area contributed by atoms with Crippen molar-refractivity contribution in [2.24, 2.45) is 17.1 Å². The molecule has 3 N–H and O–H groups in total. The predicted molar refractivity (Wildman–Crippen MR) is 53.0 cm³/mol. The molecule has 2 nitrogen and oxygen atoms in total. The molecule has 2 heteroatoms. The summed E-state index contributed by atoms with van der Waals surface area (Å²) in [5.74, 6) is 0.693. The Morgan fingerprint density at radius 1 is 1.42 bits per heavy atom. The van der Waals surface area contributed by atoms with Crippen LogP contribution in [0.2, 0.25) is 0 Å². The molecule has 1 atom stereocenters. The Kier molecular flexibility index (Phi) is 3.13. The van der Waals surface area contributed by atoms with Gasteiger partial charge in [-0.3, -0.25) is 0 Å². The van der Waals surface area contributed by atoms with Gasteiger partial charge in [-0.1, -0.05) is 20.3 Å². The average Bonchev–Trinajstić information content (AvgIpc) is 1.95. The second-order valence-corrected chi connectivity index (χ2v) is 4.43. The molecular weight excluding hydrogens is 148 g/mol. The molecular formula is C10H22N2. The Morgan fingerprint density at radius 3 is 2.08 bits per heavy atom. The minimum atomic E-state index is 0.420. The van der Waals surface area contributed by atoms with Gasteiger partial charge in [0, 0.05) is 6.04 Å². The van der Waals surface area contributed by atoms with E-state index < -0.39 is 0 Å². The molecule has 12 heavy (non-hydrogen) atoms. The average molecular weight is 170 g/mol. The molecule has 0 heterocycles. The van der Waals surface area contributed by atoms with Crippen molar-refractivity contribution in [2.75, 3.05) is 13.6 Å². The summed E-state index contributed by atoms with van der Waals surface area (Å²) < 4.78 is 0. The number of hydrogen-bond acceptors (Lipinski definition) is 2. The lowest BCUT2D eigenvalue weighted by Gasteiger charge is -2.49. The van der Waals surface area contributed by atoms with E-state index in [1.807, 2.05) is 0 Å². The van der Waals surface area contributed by atoms with Gasteiger partial charge in [0.1, 0.15) is 0 Å². The smallest absolute Gasteiger partial charge is 0.0156 e. The van der Waals surface area contributed by atoms with Crippen molar-refractivity contribution in [1.82, 2.24) is 5.32 Å². The molecule has 0 aromatic rings. The molecule has 0 bridgehead atoms. The summed E-state index contributed by atoms with van der Waals surface area (Å²) in [7, 11) is 2.06. The zero-order valence-electron chi connectivity index (χ0n) is 8.56. The third-order valence-electron chi connectivity index (χ3n) is 3.39. The maximum atomic E-state index is 5.84. The minimum absolute atomic E-state index is 0.420. The first-order chi connectivity index (χ1) is 5.66. The first-order valence-electron chi connectivity index (χ1n) is 5.03. The van der Waals surface area contributed by atoms with Crippen molar-refractivity contribution in [1.29, 1.82) is 0 Å². The van der Waals surface area contributed by atoms with Crippen molar-refractivity contribution in [2.45, 2.75) is 39.2 Å². The van der Waals surface area contributed by atoms with Crippen LogP contribution in [-0.2, 0) is 0 Å². The highest BCUT2D eigenvalue weighted by Gasteiger charge is 2.43. The van der Waals surface area contributed by atoms with Gasteiger partial charge in [0.2, 0.25) is 0 Å². The van der Waals surface area contributed by atoms with Crippen molar-refractivity contribution in [3.05, 3.63) is 0 Å². The van der Waals surface area contributed by atoms with Crippen LogP contribution >= 0.6 is 0 Å². The second kappa shape index (κ2) is 3.75. The third-order valence-corrected chi connectivity index (χ3v) is 3.39. The summed E-state index contributed by atoms with van der Waals surface area (Å²) in [6, 6.07) is 0.608. The van der Waals surface area contributed by atoms with Crippen LogP contribution in [0, 0.1) is 11.3 Å². The molecule has 1 aliphatic rings. The summed E-state index contributed by atoms with van der Waals surface area (Å²) in [5.41, 5.74) is 6.26. The highest BCUT2D eigenvalue weighted by atomic mass is 14.9. The standard InChI is InChI=1S/C10H22N2/c1-8(2)9(12-3)10(7-11)5-4-6-10/h8-9,12H,4-7,11H2,1-3H3. The maximum Gasteiger partial charge on any atom is 0.0156 e. The molecule has 0 spiro atoms. The number of hydrogen-bond donors (Lipinski definition) is 2. The molecule has 0 aromatic carbocycles. The zero-order valence-corrected chi connectivity index (χ0v) is 8.56. The van der Waals surface area contributed by atoms with Crippen molar-refractivity contribution < 1.29 is 0 Å². The number of nitrogens with one attached hydrogen (secondary N) is 1. The Bertz CT molecular complexity index is 133. The zero-order chi connectivity index (χ0) is 9.19. The first kappa shape index (κ1) is 10.0. The molecule has 1 rings (SSSR count). The lowest BCUT2D eigenvalue weighted by Crippen LogP contribution is -2.55. The SMILES string of the molecule is CNC(C(C)C)C1(CN)CCC1. The van der Waals surface area contributed by atoms with Gasteiger partial charge in [-0.25, -0.2) is 0 Å². The van der Waals surface area contributed by atoms with E-state index in [0.717, 1.165) is 6.54 Å². The van der Waals surface area contributed by atoms with Crippen molar-refractivity contribution in [3.8, 4) is 0 Å². The summed E-state index contributed by atoms with van der Waals surface area (Å²) in [6.45, 7) is 5.39. The summed E-state index contributed by atoms with van der Waals surface area (Å²) in [6.07, 6.45) is 3.99. The van der Waals surface area contributed by atoms with E-state index in [1.165, 1.54) is 19.3 Å². The van der Waals surface area contributed by atoms with Crippen LogP contribution in [-0.4, -0.2) is 19.6 Å². The van der Waals surface area contributed by atoms with Crippen molar-refractivity contribution >= 4 is 0 Å². The summed E-state index contributed by atoms with van der Waals surface area (Å²) in [5, 5.41) is 3.42. The summed E-state index contributed by atoms with van der Waals surface area (Å²) in [4.78, 5) is 0. The van der Waals surface area contributed by atoms with Gasteiger partial charge in [0.25, 0.3) is 0 Å². The van der Waals surface area contributed by atoms with Crippen LogP contribution < -0.4 is 11.1 Å². The van der Waals surface area contributed by atoms with E-state index in [0.29, 0.717) is 17.4 Å². The molecule has 0 saturated heterocycles. The normalized spacial score (nSPS) is 23.8. The predicted octanol–water partition coefficient (Wildman–Crippen LogP) is 1.36. The van der Waals surface area contributed by atoms with E-state index >= 15 is 0 Å². The molecule has 0 amide bonds. The largest absolute Gasteiger partial charge is 0.330 e. The lowest BCUT2D eigenvalue weighted by atomic mass is 9.61. The third kappa shape index (κ3) is 1.50. The topological polar surface area (TPSA) is 38.0 Å². The van der Waals surface area contributed by atoms with E-state index in [9.17, 15) is 0 Å². The van der Waals surface area contributed by atoms with Gasteiger partial charge < -0.3 is 11.1 Å². The Balaban J connectivity index is 2.61. The molecule has 1 saturated carbocycles. The molecule has 1 unspecified atom stereocenters. The Labute approximate surface area is 75.9 Å². The maximum absolute atomic E-state index is 5.84. The minimum Gasteiger partial charge on any atom is -0.330 e. The van der Waals surface area contributed by atoms with Gasteiger partial charge in [0.05, 0.1) is 0 Å². The van der Waals surface area contributed by atoms with Crippen LogP contribution in [0.4, 0.5) is 0 Å². The van der Waals surface area contributed by atoms with Crippen LogP contribution in [0.5, 0.6) is 0 Å². The van der Waals surface area contributed by atoms with Gasteiger partial charge >= 0.3 is 0 Å². The number of nitrogens with two attached hydrogens (primary N) is 1. The first-order valence-corrected chi connectivity index (χ1v) is 5.03. The Hall–Kier alpha value is -0.0800. The highest BCUT2D eigenvalue weighted by Crippen LogP contribution is 2.44. The van der Waals surface area contributed by atoms with Crippen LogP contribution in [0.25, 0.3) is 0 Å². The van der Waals surface area contributed by atoms with Crippen molar-refractivity contribution in [3.63, 3.8) is 0 Å². The van der Waals surface area contributed by atoms with Crippen LogP contribution in [0.3, 0.4) is 0 Å². The van der Waals surface area contributed by atoms with E-state index in [4.69, 9.17) is 5.73 Å². The van der Waals surface area contributed by atoms with Gasteiger partial charge in [-0.05, 0) is 37.8 Å². The molecule has 0 radical (unpaired) electrons. The monoisotopic (exact) mass is 170 g/mol. The number of rotatable bonds is 4. The molecule has 1 aliphatic carbocycles. The van der Waals surface area contributed by atoms with Crippen LogP contribution in [0.1, 0.15) is 33.1 Å². The van der Waals surface area contributed by atoms with Gasteiger partial charge in [0.15, 0.2) is 0 Å². The van der Waals surface area contributed by atoms with E-state index in [2.05, 4.69) is 26.2 Å². The molecule has 0 aromatic heterocycles. The quantitative estimate of drug-likeness (QED) is 0.668. The lowest BCUT2D eigenvalue weighted by molar-refractivity contribution is 0.0637. The molecule has 0 aliphatic heterocycles. The highest BCUT2D eigenvalue weighted by molar-refractivity contribution is 4.98. The Morgan fingerprint density at radius 2 is 2.00 bits per heavy atom. The van der Waals surface area contributed by atoms with Crippen LogP contribution in [0.15, 0.2) is 0 Å².